The second kappa shape index (κ2) is 15.4. The van der Waals surface area contributed by atoms with Crippen LogP contribution in [0.3, 0.4) is 0 Å². The summed E-state index contributed by atoms with van der Waals surface area (Å²) < 4.78 is 10.4. The zero-order valence-electron chi connectivity index (χ0n) is 10.4. The molecule has 0 aliphatic carbocycles. The highest BCUT2D eigenvalue weighted by Crippen LogP contribution is 1.79. The first-order chi connectivity index (χ1) is 6.77. The number of nitrogens with one attached hydrogen (secondary N) is 1. The second-order valence-corrected chi connectivity index (χ2v) is 2.92. The van der Waals surface area contributed by atoms with Crippen molar-refractivity contribution < 1.29 is 9.47 Å². The van der Waals surface area contributed by atoms with Crippen LogP contribution in [0.15, 0.2) is 0 Å². The molecule has 0 aromatic rings. The molecule has 0 saturated heterocycles. The van der Waals surface area contributed by atoms with E-state index in [9.17, 15) is 0 Å². The van der Waals surface area contributed by atoms with Crippen molar-refractivity contribution in [2.45, 2.75) is 40.7 Å². The van der Waals surface area contributed by atoms with E-state index < -0.39 is 0 Å². The van der Waals surface area contributed by atoms with E-state index >= 15 is 0 Å². The van der Waals surface area contributed by atoms with E-state index in [0.29, 0.717) is 19.3 Å². The van der Waals surface area contributed by atoms with Crippen molar-refractivity contribution in [1.82, 2.24) is 5.32 Å². The molecule has 0 aromatic heterocycles. The Hall–Kier alpha value is -0.120. The number of hydrogen-bond donors (Lipinski definition) is 1. The third-order valence-corrected chi connectivity index (χ3v) is 1.38. The molecule has 0 aromatic carbocycles. The van der Waals surface area contributed by atoms with Crippen LogP contribution in [0.2, 0.25) is 0 Å². The lowest BCUT2D eigenvalue weighted by Gasteiger charge is -2.08. The molecule has 0 fully saturated rings. The van der Waals surface area contributed by atoms with Crippen LogP contribution in [0.4, 0.5) is 0 Å². The standard InChI is InChI=1S/C9H21NO2.C2H6/c1-4-11-7-8-12-6-5-10-9(2)3;1-2/h9-10H,4-8H2,1-3H3;1-2H3. The van der Waals surface area contributed by atoms with Crippen molar-refractivity contribution in [3.8, 4) is 0 Å². The lowest BCUT2D eigenvalue weighted by atomic mass is 10.4. The second-order valence-electron chi connectivity index (χ2n) is 2.92. The number of rotatable bonds is 8. The zero-order valence-corrected chi connectivity index (χ0v) is 10.4. The molecule has 0 aliphatic rings. The molecule has 0 unspecified atom stereocenters. The molecule has 1 N–H and O–H groups in total. The van der Waals surface area contributed by atoms with Crippen LogP contribution in [0.1, 0.15) is 34.6 Å². The highest BCUT2D eigenvalue weighted by molar-refractivity contribution is 4.50. The van der Waals surface area contributed by atoms with Gasteiger partial charge in [-0.3, -0.25) is 0 Å². The molecule has 0 rings (SSSR count). The minimum Gasteiger partial charge on any atom is -0.379 e. The molecule has 14 heavy (non-hydrogen) atoms. The van der Waals surface area contributed by atoms with Gasteiger partial charge in [0.15, 0.2) is 0 Å². The predicted molar refractivity (Wildman–Crippen MR) is 61.8 cm³/mol. The van der Waals surface area contributed by atoms with E-state index in [1.54, 1.807) is 0 Å². The fourth-order valence-electron chi connectivity index (χ4n) is 0.784. The summed E-state index contributed by atoms with van der Waals surface area (Å²) in [5.74, 6) is 0. The van der Waals surface area contributed by atoms with Gasteiger partial charge in [-0.2, -0.15) is 0 Å². The molecular formula is C11H27NO2. The minimum atomic E-state index is 0.542. The molecule has 0 amide bonds. The van der Waals surface area contributed by atoms with Crippen LogP contribution in [-0.4, -0.2) is 39.0 Å². The Morgan fingerprint density at radius 3 is 2.07 bits per heavy atom. The van der Waals surface area contributed by atoms with Crippen molar-refractivity contribution in [1.29, 1.82) is 0 Å². The third kappa shape index (κ3) is 17.8. The predicted octanol–water partition coefficient (Wildman–Crippen LogP) is 2.06. The first kappa shape index (κ1) is 16.3. The Balaban J connectivity index is 0. The van der Waals surface area contributed by atoms with Crippen LogP contribution in [-0.2, 0) is 9.47 Å². The van der Waals surface area contributed by atoms with Gasteiger partial charge in [-0.05, 0) is 6.92 Å². The monoisotopic (exact) mass is 205 g/mol. The molecule has 0 aliphatic heterocycles. The summed E-state index contributed by atoms with van der Waals surface area (Å²) in [4.78, 5) is 0. The maximum Gasteiger partial charge on any atom is 0.0701 e. The van der Waals surface area contributed by atoms with Gasteiger partial charge in [0, 0.05) is 19.2 Å². The SMILES string of the molecule is CC.CCOCCOCCNC(C)C. The van der Waals surface area contributed by atoms with E-state index in [-0.39, 0.29) is 0 Å². The van der Waals surface area contributed by atoms with E-state index in [0.717, 1.165) is 19.8 Å². The van der Waals surface area contributed by atoms with E-state index in [4.69, 9.17) is 9.47 Å². The van der Waals surface area contributed by atoms with Crippen molar-refractivity contribution >= 4 is 0 Å². The maximum absolute atomic E-state index is 5.30. The van der Waals surface area contributed by atoms with Crippen LogP contribution in [0, 0.1) is 0 Å². The van der Waals surface area contributed by atoms with E-state index in [1.165, 1.54) is 0 Å². The molecule has 0 heterocycles. The largest absolute Gasteiger partial charge is 0.379 e. The summed E-state index contributed by atoms with van der Waals surface area (Å²) in [6.45, 7) is 14.1. The van der Waals surface area contributed by atoms with Gasteiger partial charge in [0.25, 0.3) is 0 Å². The zero-order chi connectivity index (χ0) is 11.2. The molecule has 0 radical (unpaired) electrons. The minimum absolute atomic E-state index is 0.542. The number of ether oxygens (including phenoxy) is 2. The van der Waals surface area contributed by atoms with Gasteiger partial charge in [-0.15, -0.1) is 0 Å². The Morgan fingerprint density at radius 1 is 1.00 bits per heavy atom. The lowest BCUT2D eigenvalue weighted by molar-refractivity contribution is 0.0536. The Labute approximate surface area is 89.2 Å². The van der Waals surface area contributed by atoms with Crippen molar-refractivity contribution in [3.63, 3.8) is 0 Å². The highest BCUT2D eigenvalue weighted by atomic mass is 16.5. The Morgan fingerprint density at radius 2 is 1.57 bits per heavy atom. The molecule has 88 valence electrons. The van der Waals surface area contributed by atoms with Gasteiger partial charge in [0.05, 0.1) is 19.8 Å². The first-order valence-corrected chi connectivity index (χ1v) is 5.66. The molecule has 0 atom stereocenters. The summed E-state index contributed by atoms with van der Waals surface area (Å²) in [6.07, 6.45) is 0. The lowest BCUT2D eigenvalue weighted by Crippen LogP contribution is -2.27. The number of hydrogen-bond acceptors (Lipinski definition) is 3. The summed E-state index contributed by atoms with van der Waals surface area (Å²) in [5.41, 5.74) is 0. The van der Waals surface area contributed by atoms with Crippen molar-refractivity contribution in [3.05, 3.63) is 0 Å². The van der Waals surface area contributed by atoms with Gasteiger partial charge >= 0.3 is 0 Å². The Bertz CT molecular complexity index is 87.4. The van der Waals surface area contributed by atoms with Crippen LogP contribution in [0.25, 0.3) is 0 Å². The summed E-state index contributed by atoms with van der Waals surface area (Å²) in [7, 11) is 0. The van der Waals surface area contributed by atoms with E-state index in [2.05, 4.69) is 19.2 Å². The molecule has 0 bridgehead atoms. The average molecular weight is 205 g/mol. The van der Waals surface area contributed by atoms with E-state index in [1.807, 2.05) is 20.8 Å². The Kier molecular flexibility index (Phi) is 17.9. The first-order valence-electron chi connectivity index (χ1n) is 5.66. The fraction of sp³-hybridized carbons (Fsp3) is 1.00. The van der Waals surface area contributed by atoms with Crippen LogP contribution < -0.4 is 5.32 Å². The third-order valence-electron chi connectivity index (χ3n) is 1.38. The summed E-state index contributed by atoms with van der Waals surface area (Å²) >= 11 is 0. The van der Waals surface area contributed by atoms with Crippen molar-refractivity contribution in [2.24, 2.45) is 0 Å². The summed E-state index contributed by atoms with van der Waals surface area (Å²) in [5, 5.41) is 3.27. The summed E-state index contributed by atoms with van der Waals surface area (Å²) in [6, 6.07) is 0.542. The van der Waals surface area contributed by atoms with Gasteiger partial charge < -0.3 is 14.8 Å². The molecule has 0 saturated carbocycles. The normalized spacial score (nSPS) is 9.86. The van der Waals surface area contributed by atoms with Gasteiger partial charge in [-0.25, -0.2) is 0 Å². The molecule has 3 heteroatoms. The van der Waals surface area contributed by atoms with Gasteiger partial charge in [-0.1, -0.05) is 27.7 Å². The van der Waals surface area contributed by atoms with Gasteiger partial charge in [0.2, 0.25) is 0 Å². The highest BCUT2D eigenvalue weighted by Gasteiger charge is 1.91. The maximum atomic E-state index is 5.30. The van der Waals surface area contributed by atoms with Gasteiger partial charge in [0.1, 0.15) is 0 Å². The smallest absolute Gasteiger partial charge is 0.0701 e. The van der Waals surface area contributed by atoms with Crippen LogP contribution >= 0.6 is 0 Å². The average Bonchev–Trinajstić information content (AvgIpc) is 2.19. The van der Waals surface area contributed by atoms with Crippen LogP contribution in [0.5, 0.6) is 0 Å². The molecule has 0 spiro atoms. The fourth-order valence-corrected chi connectivity index (χ4v) is 0.784. The quantitative estimate of drug-likeness (QED) is 0.615. The van der Waals surface area contributed by atoms with Crippen molar-refractivity contribution in [2.75, 3.05) is 33.0 Å². The topological polar surface area (TPSA) is 30.5 Å². The molecular weight excluding hydrogens is 178 g/mol. The molecule has 3 nitrogen and oxygen atoms in total.